The van der Waals surface area contributed by atoms with Gasteiger partial charge in [0.2, 0.25) is 5.91 Å². The van der Waals surface area contributed by atoms with Gasteiger partial charge < -0.3 is 15.2 Å². The Balaban J connectivity index is 0. The van der Waals surface area contributed by atoms with E-state index in [4.69, 9.17) is 4.74 Å². The van der Waals surface area contributed by atoms with Gasteiger partial charge in [-0.15, -0.1) is 0 Å². The normalized spacial score (nSPS) is 8.71. The summed E-state index contributed by atoms with van der Waals surface area (Å²) in [6.45, 7) is 4.47. The molecule has 21 heavy (non-hydrogen) atoms. The number of ether oxygens (including phenoxy) is 1. The number of hydrogen-bond acceptors (Lipinski definition) is 4. The number of nitrogens with one attached hydrogen (secondary N) is 1. The Hall–Kier alpha value is -2.04. The zero-order valence-corrected chi connectivity index (χ0v) is 12.3. The quantitative estimate of drug-likeness (QED) is 0.599. The predicted octanol–water partition coefficient (Wildman–Crippen LogP) is 3.16. The van der Waals surface area contributed by atoms with E-state index in [1.807, 2.05) is 13.8 Å². The van der Waals surface area contributed by atoms with Crippen LogP contribution in [0.15, 0.2) is 18.2 Å². The number of amides is 1. The molecule has 5 heteroatoms. The molecule has 0 aliphatic carbocycles. The molecule has 0 spiro atoms. The molecule has 1 aromatic carbocycles. The minimum Gasteiger partial charge on any atom is -0.507 e. The summed E-state index contributed by atoms with van der Waals surface area (Å²) in [7, 11) is 1.61. The molecule has 0 aromatic heterocycles. The average Bonchev–Trinajstić information content (AvgIpc) is 2.49. The number of benzene rings is 1. The van der Waals surface area contributed by atoms with Crippen molar-refractivity contribution < 1.29 is 19.4 Å². The number of aldehydes is 1. The van der Waals surface area contributed by atoms with E-state index in [1.165, 1.54) is 12.1 Å². The number of carbonyl (C=O) groups excluding carboxylic acids is 2. The number of phenols is 1. The molecule has 1 rings (SSSR count). The molecule has 0 radical (unpaired) electrons. The van der Waals surface area contributed by atoms with Gasteiger partial charge >= 0.3 is 0 Å². The second-order valence-corrected chi connectivity index (χ2v) is 3.82. The van der Waals surface area contributed by atoms with E-state index in [-0.39, 0.29) is 24.6 Å². The van der Waals surface area contributed by atoms with Crippen molar-refractivity contribution in [1.82, 2.24) is 5.32 Å². The van der Waals surface area contributed by atoms with Gasteiger partial charge in [0.1, 0.15) is 11.5 Å². The maximum atomic E-state index is 10.9. The fourth-order valence-corrected chi connectivity index (χ4v) is 1.42. The highest BCUT2D eigenvalue weighted by Gasteiger charge is 2.02. The number of carbonyl (C=O) groups is 2. The van der Waals surface area contributed by atoms with Gasteiger partial charge in [0.15, 0.2) is 6.29 Å². The van der Waals surface area contributed by atoms with Crippen LogP contribution in [0.5, 0.6) is 11.5 Å². The van der Waals surface area contributed by atoms with Gasteiger partial charge in [0, 0.05) is 19.5 Å². The summed E-state index contributed by atoms with van der Waals surface area (Å²) in [5.74, 6) is 0.439. The van der Waals surface area contributed by atoms with Crippen molar-refractivity contribution in [3.8, 4) is 11.5 Å². The molecule has 120 valence electrons. The molecule has 0 aliphatic rings. The molecule has 0 atom stereocenters. The van der Waals surface area contributed by atoms with Crippen LogP contribution in [0, 0.1) is 0 Å². The lowest BCUT2D eigenvalue weighted by molar-refractivity contribution is -0.120. The summed E-state index contributed by atoms with van der Waals surface area (Å²) in [6.07, 6.45) is 2.57. The highest BCUT2D eigenvalue weighted by molar-refractivity contribution is 5.79. The van der Waals surface area contributed by atoms with E-state index >= 15 is 0 Å². The fourth-order valence-electron chi connectivity index (χ4n) is 1.42. The van der Waals surface area contributed by atoms with Gasteiger partial charge in [-0.25, -0.2) is 0 Å². The van der Waals surface area contributed by atoms with Gasteiger partial charge in [-0.05, 0) is 25.0 Å². The monoisotopic (exact) mass is 297 g/mol. The van der Waals surface area contributed by atoms with Crippen molar-refractivity contribution >= 4 is 12.2 Å². The summed E-state index contributed by atoms with van der Waals surface area (Å²) in [4.78, 5) is 21.4. The van der Waals surface area contributed by atoms with Crippen LogP contribution in [-0.2, 0) is 4.79 Å². The minimum atomic E-state index is -0.0899. The SMILES string of the molecule is C.CC.CNC(=O)CCCCOc1ccc(C=O)c(O)c1. The van der Waals surface area contributed by atoms with Gasteiger partial charge in [-0.1, -0.05) is 21.3 Å². The Morgan fingerprint density at radius 3 is 2.52 bits per heavy atom. The molecule has 0 heterocycles. The third kappa shape index (κ3) is 8.68. The molecule has 0 unspecified atom stereocenters. The van der Waals surface area contributed by atoms with Crippen LogP contribution in [0.1, 0.15) is 50.9 Å². The van der Waals surface area contributed by atoms with Gasteiger partial charge in [-0.2, -0.15) is 0 Å². The largest absolute Gasteiger partial charge is 0.507 e. The van der Waals surface area contributed by atoms with Crippen molar-refractivity contribution in [1.29, 1.82) is 0 Å². The highest BCUT2D eigenvalue weighted by Crippen LogP contribution is 2.22. The molecule has 0 saturated carbocycles. The Labute approximate surface area is 127 Å². The zero-order chi connectivity index (χ0) is 15.4. The van der Waals surface area contributed by atoms with Crippen LogP contribution in [0.3, 0.4) is 0 Å². The third-order valence-electron chi connectivity index (χ3n) is 2.47. The first-order valence-corrected chi connectivity index (χ1v) is 6.79. The van der Waals surface area contributed by atoms with Gasteiger partial charge in [-0.3, -0.25) is 9.59 Å². The molecule has 1 aromatic rings. The number of unbranched alkanes of at least 4 members (excludes halogenated alkanes) is 1. The van der Waals surface area contributed by atoms with Crippen LogP contribution in [-0.4, -0.2) is 31.0 Å². The van der Waals surface area contributed by atoms with E-state index in [1.54, 1.807) is 13.1 Å². The smallest absolute Gasteiger partial charge is 0.219 e. The maximum Gasteiger partial charge on any atom is 0.219 e. The fraction of sp³-hybridized carbons (Fsp3) is 0.500. The van der Waals surface area contributed by atoms with E-state index in [0.717, 1.165) is 12.8 Å². The summed E-state index contributed by atoms with van der Waals surface area (Å²) < 4.78 is 5.39. The van der Waals surface area contributed by atoms with Crippen LogP contribution in [0.25, 0.3) is 0 Å². The lowest BCUT2D eigenvalue weighted by Crippen LogP contribution is -2.17. The van der Waals surface area contributed by atoms with Gasteiger partial charge in [0.05, 0.1) is 12.2 Å². The summed E-state index contributed by atoms with van der Waals surface area (Å²) in [6, 6.07) is 4.53. The predicted molar refractivity (Wildman–Crippen MR) is 85.0 cm³/mol. The third-order valence-corrected chi connectivity index (χ3v) is 2.47. The Morgan fingerprint density at radius 1 is 1.33 bits per heavy atom. The second kappa shape index (κ2) is 13.0. The zero-order valence-electron chi connectivity index (χ0n) is 12.3. The van der Waals surface area contributed by atoms with E-state index in [0.29, 0.717) is 25.1 Å². The van der Waals surface area contributed by atoms with E-state index in [9.17, 15) is 14.7 Å². The standard InChI is InChI=1S/C13H17NO4.C2H6.CH4/c1-14-13(17)4-2-3-7-18-11-6-5-10(9-15)12(16)8-11;1-2;/h5-6,8-9,16H,2-4,7H2,1H3,(H,14,17);1-2H3;1H4. The lowest BCUT2D eigenvalue weighted by Gasteiger charge is -2.07. The van der Waals surface area contributed by atoms with Crippen molar-refractivity contribution in [2.24, 2.45) is 0 Å². The molecule has 1 amide bonds. The second-order valence-electron chi connectivity index (χ2n) is 3.82. The molecule has 0 bridgehead atoms. The highest BCUT2D eigenvalue weighted by atomic mass is 16.5. The van der Waals surface area contributed by atoms with E-state index < -0.39 is 0 Å². The average molecular weight is 297 g/mol. The number of aromatic hydroxyl groups is 1. The molecule has 0 saturated heterocycles. The molecular weight excluding hydrogens is 270 g/mol. The van der Waals surface area contributed by atoms with Gasteiger partial charge in [0.25, 0.3) is 0 Å². The summed E-state index contributed by atoms with van der Waals surface area (Å²) >= 11 is 0. The minimum absolute atomic E-state index is 0. The molecule has 0 fully saturated rings. The number of hydrogen-bond donors (Lipinski definition) is 2. The summed E-state index contributed by atoms with van der Waals surface area (Å²) in [5, 5.41) is 12.0. The van der Waals surface area contributed by atoms with Crippen LogP contribution in [0.2, 0.25) is 0 Å². The first-order chi connectivity index (χ1) is 9.67. The topological polar surface area (TPSA) is 75.6 Å². The van der Waals surface area contributed by atoms with Crippen molar-refractivity contribution in [3.05, 3.63) is 23.8 Å². The Kier molecular flexibility index (Phi) is 13.1. The molecule has 2 N–H and O–H groups in total. The van der Waals surface area contributed by atoms with Crippen LogP contribution in [0.4, 0.5) is 0 Å². The van der Waals surface area contributed by atoms with Crippen molar-refractivity contribution in [2.75, 3.05) is 13.7 Å². The van der Waals surface area contributed by atoms with Crippen molar-refractivity contribution in [3.63, 3.8) is 0 Å². The van der Waals surface area contributed by atoms with Crippen LogP contribution >= 0.6 is 0 Å². The molecule has 5 nitrogen and oxygen atoms in total. The lowest BCUT2D eigenvalue weighted by atomic mass is 10.2. The number of rotatable bonds is 7. The Bertz CT molecular complexity index is 419. The molecular formula is C16H27NO4. The van der Waals surface area contributed by atoms with Crippen molar-refractivity contribution in [2.45, 2.75) is 40.5 Å². The van der Waals surface area contributed by atoms with E-state index in [2.05, 4.69) is 5.32 Å². The number of phenolic OH excluding ortho intramolecular Hbond substituents is 1. The molecule has 0 aliphatic heterocycles. The first kappa shape index (κ1) is 21.3. The van der Waals surface area contributed by atoms with Crippen LogP contribution < -0.4 is 10.1 Å². The first-order valence-electron chi connectivity index (χ1n) is 6.79. The maximum absolute atomic E-state index is 10.9. The Morgan fingerprint density at radius 2 is 2.00 bits per heavy atom. The summed E-state index contributed by atoms with van der Waals surface area (Å²) in [5.41, 5.74) is 0.238.